The summed E-state index contributed by atoms with van der Waals surface area (Å²) in [6.45, 7) is 3.09. The number of pyridine rings is 1. The molecule has 1 aromatic heterocycles. The van der Waals surface area contributed by atoms with Gasteiger partial charge in [-0.2, -0.15) is 0 Å². The Labute approximate surface area is 83.5 Å². The molecule has 1 saturated heterocycles. The van der Waals surface area contributed by atoms with E-state index in [4.69, 9.17) is 0 Å². The predicted molar refractivity (Wildman–Crippen MR) is 56.4 cm³/mol. The number of aromatic amines is 1. The van der Waals surface area contributed by atoms with Gasteiger partial charge in [0.25, 0.3) is 0 Å². The molecule has 1 fully saturated rings. The molecule has 1 atom stereocenters. The second kappa shape index (κ2) is 3.96. The van der Waals surface area contributed by atoms with E-state index in [1.165, 1.54) is 24.8 Å². The van der Waals surface area contributed by atoms with Crippen molar-refractivity contribution in [3.8, 4) is 0 Å². The van der Waals surface area contributed by atoms with Crippen molar-refractivity contribution in [2.24, 2.45) is 0 Å². The Bertz CT molecular complexity index is 364. The van der Waals surface area contributed by atoms with Crippen LogP contribution < -0.4 is 10.9 Å². The topological polar surface area (TPSA) is 44.9 Å². The summed E-state index contributed by atoms with van der Waals surface area (Å²) in [4.78, 5) is 13.8. The Balaban J connectivity index is 2.26. The molecule has 0 amide bonds. The second-order valence-electron chi connectivity index (χ2n) is 3.94. The molecule has 2 heterocycles. The van der Waals surface area contributed by atoms with Crippen molar-refractivity contribution in [3.05, 3.63) is 33.7 Å². The average molecular weight is 192 g/mol. The van der Waals surface area contributed by atoms with E-state index in [1.54, 1.807) is 6.07 Å². The van der Waals surface area contributed by atoms with Gasteiger partial charge in [0.15, 0.2) is 0 Å². The van der Waals surface area contributed by atoms with E-state index < -0.39 is 0 Å². The van der Waals surface area contributed by atoms with Gasteiger partial charge in [-0.15, -0.1) is 0 Å². The maximum absolute atomic E-state index is 11.0. The molecule has 0 saturated carbocycles. The monoisotopic (exact) mass is 192 g/mol. The first kappa shape index (κ1) is 9.46. The van der Waals surface area contributed by atoms with Crippen LogP contribution in [-0.2, 0) is 0 Å². The Morgan fingerprint density at radius 3 is 2.93 bits per heavy atom. The highest BCUT2D eigenvalue weighted by atomic mass is 16.1. The van der Waals surface area contributed by atoms with Crippen LogP contribution in [0.3, 0.4) is 0 Å². The Morgan fingerprint density at radius 2 is 2.29 bits per heavy atom. The number of piperidine rings is 1. The first-order chi connectivity index (χ1) is 6.77. The standard InChI is InChI=1S/C11H16N2O/c1-8-6-11(14)13-7-9(8)10-4-2-3-5-12-10/h6-7,10,12H,2-5H2,1H3,(H,13,14)/t10-/m1/s1. The number of rotatable bonds is 1. The van der Waals surface area contributed by atoms with Crippen LogP contribution in [0.2, 0.25) is 0 Å². The van der Waals surface area contributed by atoms with Gasteiger partial charge in [-0.3, -0.25) is 4.79 Å². The van der Waals surface area contributed by atoms with Crippen LogP contribution in [0.1, 0.15) is 36.4 Å². The average Bonchev–Trinajstić information content (AvgIpc) is 2.19. The molecular weight excluding hydrogens is 176 g/mol. The van der Waals surface area contributed by atoms with E-state index in [0.717, 1.165) is 12.1 Å². The van der Waals surface area contributed by atoms with Crippen LogP contribution in [0, 0.1) is 6.92 Å². The third kappa shape index (κ3) is 1.87. The number of nitrogens with one attached hydrogen (secondary N) is 2. The zero-order chi connectivity index (χ0) is 9.97. The zero-order valence-electron chi connectivity index (χ0n) is 8.47. The first-order valence-electron chi connectivity index (χ1n) is 5.20. The lowest BCUT2D eigenvalue weighted by atomic mass is 9.96. The van der Waals surface area contributed by atoms with E-state index >= 15 is 0 Å². The van der Waals surface area contributed by atoms with Crippen molar-refractivity contribution in [2.75, 3.05) is 6.54 Å². The molecule has 1 aromatic rings. The number of aryl methyl sites for hydroxylation is 1. The zero-order valence-corrected chi connectivity index (χ0v) is 8.47. The third-order valence-electron chi connectivity index (χ3n) is 2.86. The highest BCUT2D eigenvalue weighted by Crippen LogP contribution is 2.23. The smallest absolute Gasteiger partial charge is 0.248 e. The molecule has 0 unspecified atom stereocenters. The molecule has 14 heavy (non-hydrogen) atoms. The van der Waals surface area contributed by atoms with Crippen molar-refractivity contribution < 1.29 is 0 Å². The Hall–Kier alpha value is -1.09. The molecule has 0 aromatic carbocycles. The van der Waals surface area contributed by atoms with Crippen molar-refractivity contribution in [1.82, 2.24) is 10.3 Å². The molecule has 0 radical (unpaired) electrons. The lowest BCUT2D eigenvalue weighted by Gasteiger charge is -2.24. The maximum atomic E-state index is 11.0. The molecule has 2 N–H and O–H groups in total. The van der Waals surface area contributed by atoms with E-state index in [1.807, 2.05) is 13.1 Å². The summed E-state index contributed by atoms with van der Waals surface area (Å²) in [5, 5.41) is 3.47. The fourth-order valence-corrected chi connectivity index (χ4v) is 2.08. The quantitative estimate of drug-likeness (QED) is 0.708. The number of H-pyrrole nitrogens is 1. The normalized spacial score (nSPS) is 22.2. The maximum Gasteiger partial charge on any atom is 0.248 e. The van der Waals surface area contributed by atoms with Crippen LogP contribution in [0.5, 0.6) is 0 Å². The van der Waals surface area contributed by atoms with Crippen molar-refractivity contribution in [1.29, 1.82) is 0 Å². The van der Waals surface area contributed by atoms with Crippen LogP contribution in [0.25, 0.3) is 0 Å². The summed E-state index contributed by atoms with van der Waals surface area (Å²) >= 11 is 0. The minimum Gasteiger partial charge on any atom is -0.329 e. The Morgan fingerprint density at radius 1 is 1.43 bits per heavy atom. The van der Waals surface area contributed by atoms with Gasteiger partial charge in [0.2, 0.25) is 5.56 Å². The summed E-state index contributed by atoms with van der Waals surface area (Å²) < 4.78 is 0. The molecule has 0 bridgehead atoms. The van der Waals surface area contributed by atoms with Gasteiger partial charge in [0.05, 0.1) is 0 Å². The highest BCUT2D eigenvalue weighted by Gasteiger charge is 2.16. The molecule has 1 aliphatic heterocycles. The minimum absolute atomic E-state index is 0.0120. The van der Waals surface area contributed by atoms with Crippen molar-refractivity contribution in [2.45, 2.75) is 32.2 Å². The van der Waals surface area contributed by atoms with Crippen LogP contribution in [-0.4, -0.2) is 11.5 Å². The van der Waals surface area contributed by atoms with Gasteiger partial charge in [-0.1, -0.05) is 6.42 Å². The molecule has 2 rings (SSSR count). The first-order valence-corrected chi connectivity index (χ1v) is 5.20. The SMILES string of the molecule is Cc1cc(=O)[nH]cc1[C@H]1CCCCN1. The molecule has 1 aliphatic rings. The second-order valence-corrected chi connectivity index (χ2v) is 3.94. The number of hydrogen-bond acceptors (Lipinski definition) is 2. The fourth-order valence-electron chi connectivity index (χ4n) is 2.08. The van der Waals surface area contributed by atoms with Gasteiger partial charge in [-0.25, -0.2) is 0 Å². The molecule has 0 aliphatic carbocycles. The van der Waals surface area contributed by atoms with Crippen LogP contribution in [0.15, 0.2) is 17.1 Å². The molecule has 3 nitrogen and oxygen atoms in total. The van der Waals surface area contributed by atoms with Crippen molar-refractivity contribution in [3.63, 3.8) is 0 Å². The van der Waals surface area contributed by atoms with Crippen LogP contribution in [0.4, 0.5) is 0 Å². The minimum atomic E-state index is -0.0120. The third-order valence-corrected chi connectivity index (χ3v) is 2.86. The number of aromatic nitrogens is 1. The molecule has 76 valence electrons. The Kier molecular flexibility index (Phi) is 2.68. The van der Waals surface area contributed by atoms with Gasteiger partial charge in [0, 0.05) is 18.3 Å². The molecular formula is C11H16N2O. The molecule has 3 heteroatoms. The van der Waals surface area contributed by atoms with Crippen molar-refractivity contribution >= 4 is 0 Å². The van der Waals surface area contributed by atoms with Gasteiger partial charge < -0.3 is 10.3 Å². The lowest BCUT2D eigenvalue weighted by Crippen LogP contribution is -2.28. The van der Waals surface area contributed by atoms with Gasteiger partial charge in [-0.05, 0) is 37.4 Å². The summed E-state index contributed by atoms with van der Waals surface area (Å²) in [7, 11) is 0. The predicted octanol–water partition coefficient (Wildman–Crippen LogP) is 1.50. The number of hydrogen-bond donors (Lipinski definition) is 2. The van der Waals surface area contributed by atoms with Gasteiger partial charge in [0.1, 0.15) is 0 Å². The summed E-state index contributed by atoms with van der Waals surface area (Å²) in [5.74, 6) is 0. The lowest BCUT2D eigenvalue weighted by molar-refractivity contribution is 0.410. The van der Waals surface area contributed by atoms with E-state index in [9.17, 15) is 4.79 Å². The van der Waals surface area contributed by atoms with Gasteiger partial charge >= 0.3 is 0 Å². The van der Waals surface area contributed by atoms with E-state index in [2.05, 4.69) is 10.3 Å². The largest absolute Gasteiger partial charge is 0.329 e. The van der Waals surface area contributed by atoms with Crippen LogP contribution >= 0.6 is 0 Å². The summed E-state index contributed by atoms with van der Waals surface area (Å²) in [5.41, 5.74) is 2.32. The van der Waals surface area contributed by atoms with E-state index in [0.29, 0.717) is 6.04 Å². The molecule has 0 spiro atoms. The highest BCUT2D eigenvalue weighted by molar-refractivity contribution is 5.25. The summed E-state index contributed by atoms with van der Waals surface area (Å²) in [6, 6.07) is 2.10. The summed E-state index contributed by atoms with van der Waals surface area (Å²) in [6.07, 6.45) is 5.56. The fraction of sp³-hybridized carbons (Fsp3) is 0.545. The van der Waals surface area contributed by atoms with E-state index in [-0.39, 0.29) is 5.56 Å².